The molecule has 0 aromatic rings. The lowest BCUT2D eigenvalue weighted by Gasteiger charge is -2.24. The van der Waals surface area contributed by atoms with Crippen LogP contribution in [0.15, 0.2) is 97.2 Å². The van der Waals surface area contributed by atoms with Gasteiger partial charge in [0.15, 0.2) is 6.10 Å². The number of likely N-dealkylation sites (N-methyl/N-ethyl adjacent to an activating group) is 1. The first-order chi connectivity index (χ1) is 30.8. The maximum Gasteiger partial charge on any atom is 0.472 e. The third kappa shape index (κ3) is 45.4. The van der Waals surface area contributed by atoms with Gasteiger partial charge >= 0.3 is 19.8 Å². The summed E-state index contributed by atoms with van der Waals surface area (Å²) in [6.45, 7) is 3.97. The Balaban J connectivity index is 4.55. The van der Waals surface area contributed by atoms with E-state index >= 15 is 0 Å². The minimum absolute atomic E-state index is 0.00759. The summed E-state index contributed by atoms with van der Waals surface area (Å²) < 4.78 is 34.2. The fraction of sp³-hybridized carbons (Fsp3) is 0.654. The van der Waals surface area contributed by atoms with E-state index < -0.39 is 44.7 Å². The molecule has 0 aromatic heterocycles. The molecule has 3 N–H and O–H groups in total. The second-order valence-electron chi connectivity index (χ2n) is 17.2. The van der Waals surface area contributed by atoms with E-state index in [1.165, 1.54) is 57.8 Å². The molecule has 0 saturated heterocycles. The highest BCUT2D eigenvalue weighted by molar-refractivity contribution is 7.47. The van der Waals surface area contributed by atoms with E-state index in [9.17, 15) is 29.3 Å². The van der Waals surface area contributed by atoms with Gasteiger partial charge in [-0.2, -0.15) is 0 Å². The molecule has 0 aliphatic carbocycles. The van der Waals surface area contributed by atoms with Crippen LogP contribution >= 0.6 is 7.82 Å². The second-order valence-corrected chi connectivity index (χ2v) is 18.6. The van der Waals surface area contributed by atoms with Crippen LogP contribution in [0.5, 0.6) is 0 Å². The lowest BCUT2D eigenvalue weighted by Crippen LogP contribution is -2.37. The van der Waals surface area contributed by atoms with Crippen LogP contribution in [0.25, 0.3) is 0 Å². The van der Waals surface area contributed by atoms with Crippen LogP contribution in [0.3, 0.4) is 0 Å². The normalized spacial score (nSPS) is 15.3. The van der Waals surface area contributed by atoms with Gasteiger partial charge in [-0.25, -0.2) is 4.57 Å². The van der Waals surface area contributed by atoms with Gasteiger partial charge in [-0.05, 0) is 70.6 Å². The zero-order chi connectivity index (χ0) is 47.4. The number of allylic oxidation sites excluding steroid dienone is 12. The molecule has 366 valence electrons. The number of aliphatic hydroxyl groups excluding tert-OH is 2. The molecule has 4 atom stereocenters. The highest BCUT2D eigenvalue weighted by atomic mass is 31.2. The Bertz CT molecular complexity index is 1440. The number of rotatable bonds is 42. The lowest BCUT2D eigenvalue weighted by atomic mass is 10.1. The monoisotopic (exact) mass is 919 g/mol. The van der Waals surface area contributed by atoms with Gasteiger partial charge in [0.1, 0.15) is 19.8 Å². The number of esters is 2. The van der Waals surface area contributed by atoms with Crippen LogP contribution in [0.1, 0.15) is 155 Å². The van der Waals surface area contributed by atoms with Crippen molar-refractivity contribution in [3.63, 3.8) is 0 Å². The molecule has 12 heteroatoms. The minimum atomic E-state index is -4.43. The van der Waals surface area contributed by atoms with Crippen LogP contribution in [0.2, 0.25) is 0 Å². The first kappa shape index (κ1) is 60.9. The highest BCUT2D eigenvalue weighted by Crippen LogP contribution is 2.43. The molecule has 0 aliphatic heterocycles. The third-order valence-electron chi connectivity index (χ3n) is 9.77. The summed E-state index contributed by atoms with van der Waals surface area (Å²) in [6.07, 6.45) is 49.6. The number of hydrogen-bond acceptors (Lipinski definition) is 9. The molecule has 0 radical (unpaired) electrons. The highest BCUT2D eigenvalue weighted by Gasteiger charge is 2.27. The summed E-state index contributed by atoms with van der Waals surface area (Å²) in [5, 5.41) is 20.0. The van der Waals surface area contributed by atoms with Gasteiger partial charge in [0.25, 0.3) is 0 Å². The molecule has 0 fully saturated rings. The Hall–Kier alpha value is -3.15. The van der Waals surface area contributed by atoms with Crippen molar-refractivity contribution in [2.45, 2.75) is 173 Å². The van der Waals surface area contributed by atoms with E-state index in [0.29, 0.717) is 43.1 Å². The van der Waals surface area contributed by atoms with E-state index in [1.54, 1.807) is 30.4 Å². The van der Waals surface area contributed by atoms with Crippen molar-refractivity contribution >= 4 is 19.8 Å². The molecule has 0 heterocycles. The Morgan fingerprint density at radius 2 is 1.17 bits per heavy atom. The van der Waals surface area contributed by atoms with Gasteiger partial charge in [0, 0.05) is 12.8 Å². The van der Waals surface area contributed by atoms with Crippen LogP contribution in [0.4, 0.5) is 0 Å². The average molecular weight is 919 g/mol. The number of nitrogens with zero attached hydrogens (tertiary/aromatic N) is 1. The van der Waals surface area contributed by atoms with Gasteiger partial charge in [-0.1, -0.05) is 169 Å². The number of quaternary nitrogens is 1. The van der Waals surface area contributed by atoms with Crippen LogP contribution < -0.4 is 0 Å². The summed E-state index contributed by atoms with van der Waals surface area (Å²) in [5.41, 5.74) is 0. The average Bonchev–Trinajstić information content (AvgIpc) is 3.24. The number of phosphoric acid groups is 1. The quantitative estimate of drug-likeness (QED) is 0.0135. The standard InChI is InChI=1S/C52H88NO10P/c1-6-8-10-11-12-13-14-15-16-17-18-19-20-21-22-23-27-30-36-43-52(57)63-50(47-62-64(58,59)61-45-44-53(3,4)5)46-60-51(56)42-37-31-35-41-49(55)40-34-29-26-24-25-28-33-39-48(54)38-32-9-7-2/h9,12-13,15-16,25-26,28-29,32-35,39-41,48-50,54-55H,6-8,10-11,14,17-24,27,30-31,36-38,42-47H2,1-5H3/p+1/b13-12-,16-15-,28-25-,29-26-,32-9-,39-33+,40-34+,41-35-/t48-,49-,50-/m1/s1. The number of ether oxygens (including phenoxy) is 2. The second kappa shape index (κ2) is 42.5. The van der Waals surface area contributed by atoms with E-state index in [1.807, 2.05) is 63.7 Å². The Kier molecular flexibility index (Phi) is 40.4. The maximum atomic E-state index is 12.7. The van der Waals surface area contributed by atoms with Gasteiger partial charge in [-0.15, -0.1) is 0 Å². The van der Waals surface area contributed by atoms with Crippen molar-refractivity contribution in [3.05, 3.63) is 97.2 Å². The molecule has 11 nitrogen and oxygen atoms in total. The van der Waals surface area contributed by atoms with Crippen molar-refractivity contribution in [2.75, 3.05) is 47.5 Å². The fourth-order valence-electron chi connectivity index (χ4n) is 5.96. The summed E-state index contributed by atoms with van der Waals surface area (Å²) in [6, 6.07) is 0. The molecule has 0 saturated carbocycles. The summed E-state index contributed by atoms with van der Waals surface area (Å²) in [7, 11) is 1.34. The largest absolute Gasteiger partial charge is 0.472 e. The van der Waals surface area contributed by atoms with Crippen molar-refractivity contribution in [3.8, 4) is 0 Å². The third-order valence-corrected chi connectivity index (χ3v) is 10.8. The smallest absolute Gasteiger partial charge is 0.462 e. The number of hydrogen-bond donors (Lipinski definition) is 3. The van der Waals surface area contributed by atoms with Gasteiger partial charge in [0.05, 0.1) is 40.0 Å². The van der Waals surface area contributed by atoms with E-state index in [2.05, 4.69) is 38.2 Å². The number of carbonyl (C=O) groups excluding carboxylic acids is 2. The molecule has 0 amide bonds. The first-order valence-electron chi connectivity index (χ1n) is 24.2. The molecule has 64 heavy (non-hydrogen) atoms. The number of carbonyl (C=O) groups is 2. The summed E-state index contributed by atoms with van der Waals surface area (Å²) in [4.78, 5) is 35.5. The van der Waals surface area contributed by atoms with Gasteiger partial charge in [0.2, 0.25) is 0 Å². The topological polar surface area (TPSA) is 149 Å². The summed E-state index contributed by atoms with van der Waals surface area (Å²) in [5.74, 6) is -0.994. The minimum Gasteiger partial charge on any atom is -0.462 e. The summed E-state index contributed by atoms with van der Waals surface area (Å²) >= 11 is 0. The van der Waals surface area contributed by atoms with Gasteiger partial charge < -0.3 is 29.1 Å². The number of aliphatic hydroxyl groups is 2. The molecular weight excluding hydrogens is 830 g/mol. The molecule has 0 rings (SSSR count). The Morgan fingerprint density at radius 1 is 0.594 bits per heavy atom. The molecule has 0 bridgehead atoms. The predicted molar refractivity (Wildman–Crippen MR) is 264 cm³/mol. The first-order valence-corrected chi connectivity index (χ1v) is 25.7. The Morgan fingerprint density at radius 3 is 1.81 bits per heavy atom. The molecule has 1 unspecified atom stereocenters. The van der Waals surface area contributed by atoms with E-state index in [0.717, 1.165) is 38.5 Å². The number of unbranched alkanes of at least 4 members (excludes halogenated alkanes) is 13. The van der Waals surface area contributed by atoms with Gasteiger partial charge in [-0.3, -0.25) is 18.6 Å². The molecular formula is C52H89NO10P+. The van der Waals surface area contributed by atoms with E-state index in [-0.39, 0.29) is 26.1 Å². The van der Waals surface area contributed by atoms with Crippen molar-refractivity contribution in [1.29, 1.82) is 0 Å². The van der Waals surface area contributed by atoms with Crippen LogP contribution in [0, 0.1) is 0 Å². The SMILES string of the molecule is CC/C=C\C[C@@H](O)/C=C/C=C\C/C=C\C=C\[C@@H](O)/C=C\CCCC(=O)OC[C@H](COP(=O)(O)OCC[N+](C)(C)C)OC(=O)CCCCCCCCCCC/C=C\C/C=C\CCCCC. The van der Waals surface area contributed by atoms with E-state index in [4.69, 9.17) is 18.5 Å². The molecule has 0 aromatic carbocycles. The van der Waals surface area contributed by atoms with Crippen molar-refractivity contribution < 1.29 is 52.3 Å². The molecule has 0 aliphatic rings. The Labute approximate surface area is 389 Å². The van der Waals surface area contributed by atoms with Crippen LogP contribution in [-0.2, 0) is 32.7 Å². The zero-order valence-corrected chi connectivity index (χ0v) is 41.3. The maximum absolute atomic E-state index is 12.7. The van der Waals surface area contributed by atoms with Crippen LogP contribution in [-0.4, -0.2) is 97.3 Å². The predicted octanol–water partition coefficient (Wildman–Crippen LogP) is 12.1. The van der Waals surface area contributed by atoms with Crippen molar-refractivity contribution in [1.82, 2.24) is 0 Å². The molecule has 0 spiro atoms. The lowest BCUT2D eigenvalue weighted by molar-refractivity contribution is -0.870. The van der Waals surface area contributed by atoms with Crippen molar-refractivity contribution in [2.24, 2.45) is 0 Å². The zero-order valence-electron chi connectivity index (χ0n) is 40.4. The fourth-order valence-corrected chi connectivity index (χ4v) is 6.70. The number of phosphoric ester groups is 1.